The number of alkyl carbamates (subject to hydrolysis) is 2. The lowest BCUT2D eigenvalue weighted by molar-refractivity contribution is -0.148. The minimum absolute atomic E-state index is 0.223. The predicted octanol–water partition coefficient (Wildman–Crippen LogP) is 3.77. The van der Waals surface area contributed by atoms with Crippen LogP contribution in [0.2, 0.25) is 0 Å². The van der Waals surface area contributed by atoms with Crippen molar-refractivity contribution in [2.45, 2.75) is 91.4 Å². The van der Waals surface area contributed by atoms with Gasteiger partial charge in [0.25, 0.3) is 0 Å². The highest BCUT2D eigenvalue weighted by molar-refractivity contribution is 5.75. The van der Waals surface area contributed by atoms with E-state index in [4.69, 9.17) is 14.2 Å². The topological polar surface area (TPSA) is 103 Å². The van der Waals surface area contributed by atoms with Gasteiger partial charge in [0.15, 0.2) is 0 Å². The molecule has 0 spiro atoms. The fraction of sp³-hybridized carbons (Fsp3) is 0.857. The number of carbonyl (C=O) groups excluding carboxylic acids is 3. The normalized spacial score (nSPS) is 17.9. The van der Waals surface area contributed by atoms with Crippen LogP contribution in [0.5, 0.6) is 0 Å². The molecule has 2 N–H and O–H groups in total. The second-order valence-corrected chi connectivity index (χ2v) is 9.98. The Labute approximate surface area is 174 Å². The number of nitrogens with one attached hydrogen (secondary N) is 2. The zero-order valence-corrected chi connectivity index (χ0v) is 19.1. The number of rotatable bonds is 7. The third-order valence-corrected chi connectivity index (χ3v) is 4.93. The van der Waals surface area contributed by atoms with Gasteiger partial charge in [0.1, 0.15) is 11.2 Å². The van der Waals surface area contributed by atoms with Crippen LogP contribution in [0.25, 0.3) is 0 Å². The molecule has 0 saturated heterocycles. The molecule has 1 fully saturated rings. The zero-order chi connectivity index (χ0) is 22.5. The number of ether oxygens (including phenoxy) is 3. The molecular weight excluding hydrogens is 376 g/mol. The van der Waals surface area contributed by atoms with Crippen molar-refractivity contribution < 1.29 is 28.6 Å². The second-order valence-electron chi connectivity index (χ2n) is 9.98. The molecule has 1 saturated carbocycles. The summed E-state index contributed by atoms with van der Waals surface area (Å²) in [5.41, 5.74) is -1.42. The molecule has 0 heterocycles. The Kier molecular flexibility index (Phi) is 8.35. The highest BCUT2D eigenvalue weighted by atomic mass is 16.6. The minimum Gasteiger partial charge on any atom is -0.469 e. The Hall–Kier alpha value is -1.99. The fourth-order valence-electron chi connectivity index (χ4n) is 3.38. The maximum Gasteiger partial charge on any atom is 0.407 e. The average molecular weight is 415 g/mol. The van der Waals surface area contributed by atoms with E-state index in [2.05, 4.69) is 10.6 Å². The monoisotopic (exact) mass is 414 g/mol. The fourth-order valence-corrected chi connectivity index (χ4v) is 3.38. The molecule has 0 bridgehead atoms. The van der Waals surface area contributed by atoms with Gasteiger partial charge in [0.2, 0.25) is 0 Å². The van der Waals surface area contributed by atoms with Gasteiger partial charge in [-0.3, -0.25) is 4.79 Å². The standard InChI is InChI=1S/C21H38N2O6/c1-14(23-18(26)29-20(5,6)7)15(16(24)27-8)12-21(10-9-11-21)13-22-17(25)28-19(2,3)4/h14-15H,9-13H2,1-8H3,(H,22,25)(H,23,26)/t14-,15?/m1/s1. The molecule has 8 heteroatoms. The van der Waals surface area contributed by atoms with E-state index < -0.39 is 41.3 Å². The summed E-state index contributed by atoms with van der Waals surface area (Å²) < 4.78 is 15.6. The van der Waals surface area contributed by atoms with Crippen LogP contribution in [0, 0.1) is 11.3 Å². The Bertz CT molecular complexity index is 587. The molecule has 2 amide bonds. The van der Waals surface area contributed by atoms with Crippen LogP contribution in [0.4, 0.5) is 9.59 Å². The average Bonchev–Trinajstić information content (AvgIpc) is 2.49. The second kappa shape index (κ2) is 9.67. The van der Waals surface area contributed by atoms with Crippen LogP contribution in [-0.2, 0) is 19.0 Å². The molecule has 0 aromatic carbocycles. The minimum atomic E-state index is -0.628. The van der Waals surface area contributed by atoms with E-state index in [1.165, 1.54) is 7.11 Å². The van der Waals surface area contributed by atoms with Crippen LogP contribution in [0.3, 0.4) is 0 Å². The summed E-state index contributed by atoms with van der Waals surface area (Å²) in [5.74, 6) is -0.939. The maximum absolute atomic E-state index is 12.4. The van der Waals surface area contributed by atoms with Gasteiger partial charge in [-0.1, -0.05) is 6.42 Å². The molecule has 0 aliphatic heterocycles. The number of methoxy groups -OCH3 is 1. The van der Waals surface area contributed by atoms with E-state index >= 15 is 0 Å². The molecule has 168 valence electrons. The number of amides is 2. The first-order valence-corrected chi connectivity index (χ1v) is 10.2. The number of hydrogen-bond acceptors (Lipinski definition) is 6. The van der Waals surface area contributed by atoms with E-state index in [0.29, 0.717) is 13.0 Å². The van der Waals surface area contributed by atoms with Gasteiger partial charge in [-0.2, -0.15) is 0 Å². The first kappa shape index (κ1) is 25.0. The molecule has 0 radical (unpaired) electrons. The predicted molar refractivity (Wildman–Crippen MR) is 109 cm³/mol. The highest BCUT2D eigenvalue weighted by Crippen LogP contribution is 2.46. The molecule has 1 aliphatic rings. The summed E-state index contributed by atoms with van der Waals surface area (Å²) in [6.45, 7) is 12.9. The summed E-state index contributed by atoms with van der Waals surface area (Å²) in [5, 5.41) is 5.57. The maximum atomic E-state index is 12.4. The van der Waals surface area contributed by atoms with Gasteiger partial charge >= 0.3 is 18.2 Å². The molecular formula is C21H38N2O6. The van der Waals surface area contributed by atoms with Crippen molar-refractivity contribution in [1.29, 1.82) is 0 Å². The summed E-state index contributed by atoms with van der Waals surface area (Å²) in [6, 6.07) is -0.476. The van der Waals surface area contributed by atoms with Crippen LogP contribution in [0.15, 0.2) is 0 Å². The van der Waals surface area contributed by atoms with Gasteiger partial charge in [0.05, 0.1) is 13.0 Å². The smallest absolute Gasteiger partial charge is 0.407 e. The Morgan fingerprint density at radius 3 is 1.90 bits per heavy atom. The SMILES string of the molecule is COC(=O)C(CC1(CNC(=O)OC(C)(C)C)CCC1)[C@@H](C)NC(=O)OC(C)(C)C. The first-order valence-electron chi connectivity index (χ1n) is 10.2. The van der Waals surface area contributed by atoms with E-state index in [-0.39, 0.29) is 5.41 Å². The van der Waals surface area contributed by atoms with Crippen molar-refractivity contribution in [3.8, 4) is 0 Å². The molecule has 1 rings (SSSR count). The third kappa shape index (κ3) is 8.92. The largest absolute Gasteiger partial charge is 0.469 e. The molecule has 0 aromatic rings. The van der Waals surface area contributed by atoms with Crippen LogP contribution in [-0.4, -0.2) is 49.1 Å². The van der Waals surface area contributed by atoms with E-state index in [1.54, 1.807) is 27.7 Å². The van der Waals surface area contributed by atoms with E-state index in [1.807, 2.05) is 20.8 Å². The number of esters is 1. The van der Waals surface area contributed by atoms with E-state index in [9.17, 15) is 14.4 Å². The molecule has 1 unspecified atom stereocenters. The number of carbonyl (C=O) groups is 3. The third-order valence-electron chi connectivity index (χ3n) is 4.93. The summed E-state index contributed by atoms with van der Waals surface area (Å²) in [6.07, 6.45) is 2.24. The van der Waals surface area contributed by atoms with Crippen molar-refractivity contribution >= 4 is 18.2 Å². The highest BCUT2D eigenvalue weighted by Gasteiger charge is 2.43. The van der Waals surface area contributed by atoms with Crippen LogP contribution >= 0.6 is 0 Å². The summed E-state index contributed by atoms with van der Waals surface area (Å²) in [7, 11) is 1.34. The first-order chi connectivity index (χ1) is 13.2. The van der Waals surface area contributed by atoms with Crippen LogP contribution in [0.1, 0.15) is 74.1 Å². The van der Waals surface area contributed by atoms with Gasteiger partial charge in [-0.05, 0) is 73.1 Å². The summed E-state index contributed by atoms with van der Waals surface area (Å²) >= 11 is 0. The lowest BCUT2D eigenvalue weighted by Crippen LogP contribution is -2.50. The molecule has 8 nitrogen and oxygen atoms in total. The van der Waals surface area contributed by atoms with Crippen LogP contribution < -0.4 is 10.6 Å². The van der Waals surface area contributed by atoms with Gasteiger partial charge in [-0.15, -0.1) is 0 Å². The van der Waals surface area contributed by atoms with Gasteiger partial charge in [0, 0.05) is 12.6 Å². The zero-order valence-electron chi connectivity index (χ0n) is 19.1. The molecule has 1 aliphatic carbocycles. The lowest BCUT2D eigenvalue weighted by atomic mass is 9.63. The molecule has 2 atom stereocenters. The summed E-state index contributed by atoms with van der Waals surface area (Å²) in [4.78, 5) is 36.6. The molecule has 0 aromatic heterocycles. The van der Waals surface area contributed by atoms with Crippen molar-refractivity contribution in [1.82, 2.24) is 10.6 Å². The Morgan fingerprint density at radius 1 is 0.966 bits per heavy atom. The number of hydrogen-bond donors (Lipinski definition) is 2. The lowest BCUT2D eigenvalue weighted by Gasteiger charge is -2.44. The Morgan fingerprint density at radius 2 is 1.48 bits per heavy atom. The van der Waals surface area contributed by atoms with E-state index in [0.717, 1.165) is 19.3 Å². The van der Waals surface area contributed by atoms with Crippen molar-refractivity contribution in [2.75, 3.05) is 13.7 Å². The van der Waals surface area contributed by atoms with Crippen molar-refractivity contribution in [3.63, 3.8) is 0 Å². The molecule has 29 heavy (non-hydrogen) atoms. The quantitative estimate of drug-likeness (QED) is 0.485. The Balaban J connectivity index is 2.77. The van der Waals surface area contributed by atoms with Gasteiger partial charge in [-0.25, -0.2) is 9.59 Å². The van der Waals surface area contributed by atoms with Crippen molar-refractivity contribution in [3.05, 3.63) is 0 Å². The van der Waals surface area contributed by atoms with Crippen molar-refractivity contribution in [2.24, 2.45) is 11.3 Å². The van der Waals surface area contributed by atoms with Gasteiger partial charge < -0.3 is 24.8 Å².